The third-order valence-corrected chi connectivity index (χ3v) is 6.46. The van der Waals surface area contributed by atoms with Gasteiger partial charge in [-0.1, -0.05) is 23.7 Å². The van der Waals surface area contributed by atoms with Crippen LogP contribution >= 0.6 is 11.6 Å². The van der Waals surface area contributed by atoms with E-state index in [0.717, 1.165) is 0 Å². The smallest absolute Gasteiger partial charge is 0.187 e. The standard InChI is InChI=1S/C11H14ClNO2S/c1-8(13)11(6-7-11)16(14,15)10-5-3-2-4-9(10)12/h2-5,8H,6-7,13H2,1H3. The quantitative estimate of drug-likeness (QED) is 0.903. The molecule has 0 radical (unpaired) electrons. The highest BCUT2D eigenvalue weighted by Gasteiger charge is 2.57. The summed E-state index contributed by atoms with van der Waals surface area (Å²) in [6.07, 6.45) is 1.25. The molecule has 88 valence electrons. The highest BCUT2D eigenvalue weighted by atomic mass is 35.5. The molecule has 2 N–H and O–H groups in total. The lowest BCUT2D eigenvalue weighted by molar-refractivity contribution is 0.554. The van der Waals surface area contributed by atoms with Gasteiger partial charge in [-0.05, 0) is 31.9 Å². The molecule has 2 rings (SSSR count). The summed E-state index contributed by atoms with van der Waals surface area (Å²) >= 11 is 5.93. The van der Waals surface area contributed by atoms with Crippen LogP contribution in [0.15, 0.2) is 29.2 Å². The van der Waals surface area contributed by atoms with Gasteiger partial charge in [0.05, 0.1) is 14.7 Å². The molecular formula is C11H14ClNO2S. The van der Waals surface area contributed by atoms with Crippen LogP contribution < -0.4 is 5.73 Å². The molecule has 1 aromatic rings. The highest BCUT2D eigenvalue weighted by Crippen LogP contribution is 2.49. The van der Waals surface area contributed by atoms with Crippen LogP contribution in [0, 0.1) is 0 Å². The van der Waals surface area contributed by atoms with Crippen LogP contribution in [-0.2, 0) is 9.84 Å². The summed E-state index contributed by atoms with van der Waals surface area (Å²) in [7, 11) is -3.41. The largest absolute Gasteiger partial charge is 0.327 e. The van der Waals surface area contributed by atoms with E-state index in [-0.39, 0.29) is 16.0 Å². The number of hydrogen-bond donors (Lipinski definition) is 1. The maximum atomic E-state index is 12.4. The molecule has 1 saturated carbocycles. The van der Waals surface area contributed by atoms with Gasteiger partial charge in [0.2, 0.25) is 0 Å². The Labute approximate surface area is 101 Å². The predicted molar refractivity (Wildman–Crippen MR) is 64.3 cm³/mol. The lowest BCUT2D eigenvalue weighted by Gasteiger charge is -2.20. The Morgan fingerprint density at radius 2 is 1.94 bits per heavy atom. The van der Waals surface area contributed by atoms with Gasteiger partial charge in [0, 0.05) is 6.04 Å². The van der Waals surface area contributed by atoms with E-state index in [1.807, 2.05) is 0 Å². The van der Waals surface area contributed by atoms with Crippen molar-refractivity contribution in [3.8, 4) is 0 Å². The summed E-state index contributed by atoms with van der Waals surface area (Å²) < 4.78 is 24.0. The second-order valence-corrected chi connectivity index (χ2v) is 6.95. The molecule has 1 unspecified atom stereocenters. The van der Waals surface area contributed by atoms with E-state index >= 15 is 0 Å². The SMILES string of the molecule is CC(N)C1(S(=O)(=O)c2ccccc2Cl)CC1. The summed E-state index contributed by atoms with van der Waals surface area (Å²) in [6.45, 7) is 1.74. The minimum Gasteiger partial charge on any atom is -0.327 e. The fourth-order valence-corrected chi connectivity index (χ4v) is 4.56. The Morgan fingerprint density at radius 1 is 1.38 bits per heavy atom. The predicted octanol–water partition coefficient (Wildman–Crippen LogP) is 1.99. The molecule has 0 heterocycles. The van der Waals surface area contributed by atoms with E-state index < -0.39 is 14.6 Å². The van der Waals surface area contributed by atoms with Crippen molar-refractivity contribution >= 4 is 21.4 Å². The van der Waals surface area contributed by atoms with Crippen molar-refractivity contribution in [2.75, 3.05) is 0 Å². The molecule has 0 aromatic heterocycles. The maximum absolute atomic E-state index is 12.4. The Kier molecular flexibility index (Phi) is 2.77. The van der Waals surface area contributed by atoms with Crippen molar-refractivity contribution in [3.05, 3.63) is 29.3 Å². The van der Waals surface area contributed by atoms with Crippen LogP contribution in [0.5, 0.6) is 0 Å². The molecule has 1 aromatic carbocycles. The summed E-state index contributed by atoms with van der Waals surface area (Å²) in [5, 5.41) is 0.273. The van der Waals surface area contributed by atoms with Gasteiger partial charge in [-0.15, -0.1) is 0 Å². The van der Waals surface area contributed by atoms with E-state index in [1.54, 1.807) is 31.2 Å². The number of nitrogens with two attached hydrogens (primary N) is 1. The van der Waals surface area contributed by atoms with E-state index in [4.69, 9.17) is 17.3 Å². The molecule has 5 heteroatoms. The van der Waals surface area contributed by atoms with Gasteiger partial charge >= 0.3 is 0 Å². The monoisotopic (exact) mass is 259 g/mol. The molecule has 1 aliphatic rings. The maximum Gasteiger partial charge on any atom is 0.187 e. The minimum absolute atomic E-state index is 0.200. The summed E-state index contributed by atoms with van der Waals surface area (Å²) in [4.78, 5) is 0.200. The van der Waals surface area contributed by atoms with E-state index in [0.29, 0.717) is 12.8 Å². The zero-order valence-corrected chi connectivity index (χ0v) is 10.6. The summed E-state index contributed by atoms with van der Waals surface area (Å²) in [5.41, 5.74) is 5.78. The number of halogens is 1. The van der Waals surface area contributed by atoms with Gasteiger partial charge < -0.3 is 5.73 Å². The van der Waals surface area contributed by atoms with Crippen molar-refractivity contribution in [1.29, 1.82) is 0 Å². The molecule has 0 bridgehead atoms. The topological polar surface area (TPSA) is 60.2 Å². The van der Waals surface area contributed by atoms with E-state index in [1.165, 1.54) is 0 Å². The van der Waals surface area contributed by atoms with Crippen molar-refractivity contribution in [2.45, 2.75) is 35.4 Å². The van der Waals surface area contributed by atoms with Gasteiger partial charge in [-0.2, -0.15) is 0 Å². The van der Waals surface area contributed by atoms with Crippen LogP contribution in [0.4, 0.5) is 0 Å². The zero-order chi connectivity index (χ0) is 12.0. The summed E-state index contributed by atoms with van der Waals surface area (Å²) in [6, 6.07) is 6.16. The minimum atomic E-state index is -3.41. The van der Waals surface area contributed by atoms with Crippen molar-refractivity contribution in [1.82, 2.24) is 0 Å². The molecule has 0 amide bonds. The Hall–Kier alpha value is -0.580. The van der Waals surface area contributed by atoms with Crippen molar-refractivity contribution in [3.63, 3.8) is 0 Å². The normalized spacial score (nSPS) is 20.4. The third kappa shape index (κ3) is 1.56. The summed E-state index contributed by atoms with van der Waals surface area (Å²) in [5.74, 6) is 0. The van der Waals surface area contributed by atoms with Crippen LogP contribution in [0.25, 0.3) is 0 Å². The lowest BCUT2D eigenvalue weighted by Crippen LogP contribution is -2.40. The number of benzene rings is 1. The van der Waals surface area contributed by atoms with E-state index in [9.17, 15) is 8.42 Å². The van der Waals surface area contributed by atoms with Crippen LogP contribution in [0.1, 0.15) is 19.8 Å². The Bertz CT molecular complexity index is 506. The van der Waals surface area contributed by atoms with Gasteiger partial charge in [0.15, 0.2) is 9.84 Å². The van der Waals surface area contributed by atoms with Gasteiger partial charge in [-0.3, -0.25) is 0 Å². The third-order valence-electron chi connectivity index (χ3n) is 3.23. The first-order valence-electron chi connectivity index (χ1n) is 5.16. The fraction of sp³-hybridized carbons (Fsp3) is 0.455. The zero-order valence-electron chi connectivity index (χ0n) is 8.98. The lowest BCUT2D eigenvalue weighted by atomic mass is 10.2. The van der Waals surface area contributed by atoms with Gasteiger partial charge in [0.25, 0.3) is 0 Å². The van der Waals surface area contributed by atoms with Crippen LogP contribution in [-0.4, -0.2) is 19.2 Å². The average molecular weight is 260 g/mol. The first-order valence-corrected chi connectivity index (χ1v) is 7.03. The van der Waals surface area contributed by atoms with Crippen molar-refractivity contribution in [2.24, 2.45) is 5.73 Å². The van der Waals surface area contributed by atoms with Gasteiger partial charge in [-0.25, -0.2) is 8.42 Å². The van der Waals surface area contributed by atoms with E-state index in [2.05, 4.69) is 0 Å². The molecule has 1 fully saturated rings. The Balaban J connectivity index is 2.53. The van der Waals surface area contributed by atoms with Crippen molar-refractivity contribution < 1.29 is 8.42 Å². The first-order chi connectivity index (χ1) is 7.42. The first kappa shape index (κ1) is 11.9. The number of sulfone groups is 1. The fourth-order valence-electron chi connectivity index (χ4n) is 1.97. The average Bonchev–Trinajstić information content (AvgIpc) is 2.98. The Morgan fingerprint density at radius 3 is 2.38 bits per heavy atom. The number of hydrogen-bond acceptors (Lipinski definition) is 3. The number of rotatable bonds is 3. The second-order valence-electron chi connectivity index (χ2n) is 4.29. The molecular weight excluding hydrogens is 246 g/mol. The van der Waals surface area contributed by atoms with Crippen LogP contribution in [0.2, 0.25) is 5.02 Å². The molecule has 0 aliphatic heterocycles. The highest BCUT2D eigenvalue weighted by molar-refractivity contribution is 7.93. The molecule has 3 nitrogen and oxygen atoms in total. The molecule has 16 heavy (non-hydrogen) atoms. The molecule has 1 atom stereocenters. The molecule has 0 saturated heterocycles. The second kappa shape index (κ2) is 3.72. The molecule has 1 aliphatic carbocycles. The van der Waals surface area contributed by atoms with Gasteiger partial charge in [0.1, 0.15) is 0 Å². The molecule has 0 spiro atoms. The van der Waals surface area contributed by atoms with Crippen LogP contribution in [0.3, 0.4) is 0 Å².